The molecule has 0 atom stereocenters. The van der Waals surface area contributed by atoms with E-state index in [0.29, 0.717) is 6.61 Å². The predicted octanol–water partition coefficient (Wildman–Crippen LogP) is 2.32. The summed E-state index contributed by atoms with van der Waals surface area (Å²) in [5.74, 6) is 0. The lowest BCUT2D eigenvalue weighted by Crippen LogP contribution is -1.96. The first-order valence-corrected chi connectivity index (χ1v) is 7.20. The molecule has 86 valence electrons. The van der Waals surface area contributed by atoms with Crippen LogP contribution in [0, 0.1) is 0 Å². The van der Waals surface area contributed by atoms with E-state index < -0.39 is 0 Å². The van der Waals surface area contributed by atoms with Crippen LogP contribution in [0.3, 0.4) is 0 Å². The van der Waals surface area contributed by atoms with E-state index in [9.17, 15) is 0 Å². The number of hydrogen-bond acceptors (Lipinski definition) is 5. The lowest BCUT2D eigenvalue weighted by atomic mass is 10.4. The van der Waals surface area contributed by atoms with Crippen LogP contribution in [0.5, 0.6) is 0 Å². The number of methoxy groups -OCH3 is 1. The fraction of sp³-hybridized carbons (Fsp3) is 0.400. The van der Waals surface area contributed by atoms with Gasteiger partial charge in [0.2, 0.25) is 0 Å². The molecule has 0 saturated carbocycles. The zero-order chi connectivity index (χ0) is 11.5. The molecule has 16 heavy (non-hydrogen) atoms. The van der Waals surface area contributed by atoms with Crippen LogP contribution in [-0.4, -0.2) is 34.2 Å². The van der Waals surface area contributed by atoms with Crippen LogP contribution in [0.15, 0.2) is 22.2 Å². The minimum Gasteiger partial charge on any atom is -0.378 e. The van der Waals surface area contributed by atoms with E-state index in [1.54, 1.807) is 30.6 Å². The highest BCUT2D eigenvalue weighted by Crippen LogP contribution is 2.30. The first-order chi connectivity index (χ1) is 7.80. The molecule has 2 heterocycles. The molecule has 0 aliphatic carbocycles. The van der Waals surface area contributed by atoms with Crippen LogP contribution in [0.1, 0.15) is 5.69 Å². The van der Waals surface area contributed by atoms with Gasteiger partial charge in [-0.1, -0.05) is 0 Å². The van der Waals surface area contributed by atoms with E-state index in [2.05, 4.69) is 10.1 Å². The Bertz CT molecular complexity index is 498. The van der Waals surface area contributed by atoms with E-state index >= 15 is 0 Å². The molecular formula is C10H13N3OS2. The van der Waals surface area contributed by atoms with Crippen LogP contribution >= 0.6 is 23.5 Å². The Morgan fingerprint density at radius 2 is 2.19 bits per heavy atom. The standard InChI is InChI=1S/C10H13N3OS2/c1-14-6-7-4-5-13-9(11-7)8(15-2)10(12-13)16-3/h4-5H,6H2,1-3H3. The van der Waals surface area contributed by atoms with Gasteiger partial charge < -0.3 is 4.74 Å². The maximum atomic E-state index is 5.08. The Balaban J connectivity index is 2.56. The number of aromatic nitrogens is 3. The van der Waals surface area contributed by atoms with Crippen molar-refractivity contribution < 1.29 is 4.74 Å². The van der Waals surface area contributed by atoms with E-state index in [4.69, 9.17) is 4.74 Å². The summed E-state index contributed by atoms with van der Waals surface area (Å²) < 4.78 is 6.90. The third kappa shape index (κ3) is 2.05. The maximum absolute atomic E-state index is 5.08. The molecule has 0 spiro atoms. The second-order valence-electron chi connectivity index (χ2n) is 3.16. The lowest BCUT2D eigenvalue weighted by molar-refractivity contribution is 0.181. The van der Waals surface area contributed by atoms with Gasteiger partial charge in [0.25, 0.3) is 0 Å². The molecule has 0 unspecified atom stereocenters. The van der Waals surface area contributed by atoms with E-state index in [0.717, 1.165) is 21.3 Å². The monoisotopic (exact) mass is 255 g/mol. The van der Waals surface area contributed by atoms with Crippen molar-refractivity contribution in [3.8, 4) is 0 Å². The molecule has 2 aromatic heterocycles. The largest absolute Gasteiger partial charge is 0.378 e. The summed E-state index contributed by atoms with van der Waals surface area (Å²) in [5.41, 5.74) is 1.84. The SMILES string of the molecule is COCc1ccn2nc(SC)c(SC)c2n1. The molecule has 0 amide bonds. The molecule has 4 nitrogen and oxygen atoms in total. The summed E-state index contributed by atoms with van der Waals surface area (Å²) in [7, 11) is 1.67. The molecule has 0 N–H and O–H groups in total. The van der Waals surface area contributed by atoms with Crippen molar-refractivity contribution in [2.75, 3.05) is 19.6 Å². The summed E-state index contributed by atoms with van der Waals surface area (Å²) in [5, 5.41) is 5.48. The summed E-state index contributed by atoms with van der Waals surface area (Å²) in [6.45, 7) is 0.532. The van der Waals surface area contributed by atoms with E-state index in [-0.39, 0.29) is 0 Å². The van der Waals surface area contributed by atoms with Crippen LogP contribution in [0.4, 0.5) is 0 Å². The molecule has 0 aliphatic rings. The van der Waals surface area contributed by atoms with Crippen LogP contribution in [0.25, 0.3) is 5.65 Å². The Hall–Kier alpha value is -0.720. The summed E-state index contributed by atoms with van der Waals surface area (Å²) in [4.78, 5) is 5.68. The molecular weight excluding hydrogens is 242 g/mol. The van der Waals surface area contributed by atoms with Gasteiger partial charge in [-0.25, -0.2) is 9.50 Å². The highest BCUT2D eigenvalue weighted by Gasteiger charge is 2.12. The first kappa shape index (κ1) is 11.8. The summed E-state index contributed by atoms with van der Waals surface area (Å²) in [6.07, 6.45) is 6.00. The van der Waals surface area contributed by atoms with Crippen molar-refractivity contribution >= 4 is 29.2 Å². The van der Waals surface area contributed by atoms with Gasteiger partial charge >= 0.3 is 0 Å². The van der Waals surface area contributed by atoms with Gasteiger partial charge in [0, 0.05) is 13.3 Å². The number of rotatable bonds is 4. The van der Waals surface area contributed by atoms with Crippen molar-refractivity contribution in [2.45, 2.75) is 16.5 Å². The third-order valence-electron chi connectivity index (χ3n) is 2.16. The van der Waals surface area contributed by atoms with Crippen molar-refractivity contribution in [2.24, 2.45) is 0 Å². The predicted molar refractivity (Wildman–Crippen MR) is 67.3 cm³/mol. The summed E-state index contributed by atoms with van der Waals surface area (Å²) in [6, 6.07) is 1.93. The number of fused-ring (bicyclic) bond motifs is 1. The zero-order valence-corrected chi connectivity index (χ0v) is 11.1. The Kier molecular flexibility index (Phi) is 3.73. The maximum Gasteiger partial charge on any atom is 0.170 e. The van der Waals surface area contributed by atoms with Crippen LogP contribution < -0.4 is 0 Å². The van der Waals surface area contributed by atoms with E-state index in [1.165, 1.54) is 0 Å². The van der Waals surface area contributed by atoms with Crippen LogP contribution in [0.2, 0.25) is 0 Å². The summed E-state index contributed by atoms with van der Waals surface area (Å²) >= 11 is 3.32. The van der Waals surface area contributed by atoms with Crippen LogP contribution in [-0.2, 0) is 11.3 Å². The van der Waals surface area contributed by atoms with Gasteiger partial charge in [-0.05, 0) is 18.6 Å². The fourth-order valence-electron chi connectivity index (χ4n) is 1.47. The molecule has 2 aromatic rings. The highest BCUT2D eigenvalue weighted by molar-refractivity contribution is 8.01. The normalized spacial score (nSPS) is 11.2. The van der Waals surface area contributed by atoms with E-state index in [1.807, 2.05) is 29.3 Å². The number of nitrogens with zero attached hydrogens (tertiary/aromatic N) is 3. The molecule has 0 saturated heterocycles. The van der Waals surface area contributed by atoms with Crippen molar-refractivity contribution in [1.82, 2.24) is 14.6 Å². The average molecular weight is 255 g/mol. The van der Waals surface area contributed by atoms with Crippen molar-refractivity contribution in [3.05, 3.63) is 18.0 Å². The molecule has 2 rings (SSSR count). The first-order valence-electron chi connectivity index (χ1n) is 4.75. The minimum absolute atomic E-state index is 0.532. The van der Waals surface area contributed by atoms with Gasteiger partial charge in [0.15, 0.2) is 5.65 Å². The highest BCUT2D eigenvalue weighted by atomic mass is 32.2. The number of thioether (sulfide) groups is 2. The van der Waals surface area contributed by atoms with Gasteiger partial charge in [0.05, 0.1) is 17.2 Å². The quantitative estimate of drug-likeness (QED) is 0.784. The topological polar surface area (TPSA) is 39.4 Å². The van der Waals surface area contributed by atoms with Gasteiger partial charge in [-0.2, -0.15) is 5.10 Å². The molecule has 0 aliphatic heterocycles. The van der Waals surface area contributed by atoms with Gasteiger partial charge in [-0.15, -0.1) is 23.5 Å². The molecule has 0 fully saturated rings. The minimum atomic E-state index is 0.532. The van der Waals surface area contributed by atoms with Gasteiger partial charge in [-0.3, -0.25) is 0 Å². The Morgan fingerprint density at radius 1 is 1.38 bits per heavy atom. The number of ether oxygens (including phenoxy) is 1. The third-order valence-corrected chi connectivity index (χ3v) is 3.75. The molecule has 0 bridgehead atoms. The average Bonchev–Trinajstić information content (AvgIpc) is 2.66. The Labute approximate surface area is 103 Å². The molecule has 6 heteroatoms. The lowest BCUT2D eigenvalue weighted by Gasteiger charge is -2.00. The number of hydrogen-bond donors (Lipinski definition) is 0. The molecule has 0 aromatic carbocycles. The van der Waals surface area contributed by atoms with Gasteiger partial charge in [0.1, 0.15) is 5.03 Å². The van der Waals surface area contributed by atoms with Crippen molar-refractivity contribution in [3.63, 3.8) is 0 Å². The van der Waals surface area contributed by atoms with Crippen molar-refractivity contribution in [1.29, 1.82) is 0 Å². The fourth-order valence-corrected chi connectivity index (χ4v) is 2.95. The second kappa shape index (κ2) is 5.07. The zero-order valence-electron chi connectivity index (χ0n) is 9.43. The molecule has 0 radical (unpaired) electrons. The smallest absolute Gasteiger partial charge is 0.170 e. The Morgan fingerprint density at radius 3 is 2.81 bits per heavy atom. The second-order valence-corrected chi connectivity index (χ2v) is 4.77.